The van der Waals surface area contributed by atoms with E-state index >= 15 is 0 Å². The van der Waals surface area contributed by atoms with Crippen molar-refractivity contribution in [2.75, 3.05) is 0 Å². The normalized spacial score (nSPS) is 25.9. The van der Waals surface area contributed by atoms with Gasteiger partial charge in [-0.25, -0.2) is 0 Å². The number of rotatable bonds is 0. The lowest BCUT2D eigenvalue weighted by atomic mass is 9.59. The monoisotopic (exact) mass is 346 g/mol. The number of nitrogens with zero attached hydrogens (tertiary/aromatic N) is 4. The molecule has 2 aromatic carbocycles. The summed E-state index contributed by atoms with van der Waals surface area (Å²) in [5, 5.41) is 41.5. The van der Waals surface area contributed by atoms with Gasteiger partial charge in [-0.05, 0) is 64.8 Å². The minimum Gasteiger partial charge on any atom is -0.192 e. The van der Waals surface area contributed by atoms with Crippen LogP contribution < -0.4 is 10.4 Å². The summed E-state index contributed by atoms with van der Waals surface area (Å²) in [4.78, 5) is 0. The smallest absolute Gasteiger partial charge is 0.137 e. The Bertz CT molecular complexity index is 1190. The maximum atomic E-state index is 9.60. The van der Waals surface area contributed by atoms with Crippen molar-refractivity contribution in [1.82, 2.24) is 0 Å². The van der Waals surface area contributed by atoms with Gasteiger partial charge >= 0.3 is 0 Å². The molecule has 0 saturated heterocycles. The van der Waals surface area contributed by atoms with Crippen LogP contribution >= 0.6 is 0 Å². The molecule has 0 unspecified atom stereocenters. The van der Waals surface area contributed by atoms with Gasteiger partial charge in [0.1, 0.15) is 35.4 Å². The third kappa shape index (κ3) is 1.78. The average molecular weight is 346 g/mol. The molecule has 2 bridgehead atoms. The minimum atomic E-state index is 0.130. The first-order valence-corrected chi connectivity index (χ1v) is 9.18. The zero-order valence-electron chi connectivity index (χ0n) is 14.5. The molecular formula is C23H14N4. The first-order valence-electron chi connectivity index (χ1n) is 9.18. The standard InChI is InChI=1S/C23H14N4/c24-8-14(9-25)18-16-3-1-2-4-17(16)19(15(10-26)11-27)23-21-13-6-5-12(7-13)20(21)22(18)23/h1-4,12-13,20-21H,5-7H2/t12-,13+,20+,21-. The van der Waals surface area contributed by atoms with Gasteiger partial charge in [0.05, 0.1) is 0 Å². The van der Waals surface area contributed by atoms with Crippen molar-refractivity contribution < 1.29 is 0 Å². The van der Waals surface area contributed by atoms with Gasteiger partial charge < -0.3 is 0 Å². The first kappa shape index (κ1) is 15.6. The minimum absolute atomic E-state index is 0.130. The van der Waals surface area contributed by atoms with E-state index in [9.17, 15) is 21.0 Å². The molecule has 4 heteroatoms. The third-order valence-corrected chi connectivity index (χ3v) is 6.82. The van der Waals surface area contributed by atoms with Gasteiger partial charge in [-0.2, -0.15) is 21.0 Å². The van der Waals surface area contributed by atoms with Crippen LogP contribution in [-0.2, 0) is 0 Å². The zero-order chi connectivity index (χ0) is 18.7. The highest BCUT2D eigenvalue weighted by molar-refractivity contribution is 5.95. The topological polar surface area (TPSA) is 95.2 Å². The summed E-state index contributed by atoms with van der Waals surface area (Å²) in [6, 6.07) is 15.9. The molecule has 3 aliphatic rings. The molecule has 5 rings (SSSR count). The molecule has 0 N–H and O–H groups in total. The van der Waals surface area contributed by atoms with Crippen molar-refractivity contribution in [2.45, 2.75) is 31.1 Å². The number of benzene rings is 2. The third-order valence-electron chi connectivity index (χ3n) is 6.82. The molecule has 2 saturated carbocycles. The fourth-order valence-electron chi connectivity index (χ4n) is 6.01. The molecule has 4 nitrogen and oxygen atoms in total. The van der Waals surface area contributed by atoms with Crippen LogP contribution in [-0.4, -0.2) is 0 Å². The molecule has 2 fully saturated rings. The van der Waals surface area contributed by atoms with Crippen molar-refractivity contribution in [3.8, 4) is 24.3 Å². The van der Waals surface area contributed by atoms with E-state index in [1.165, 1.54) is 19.3 Å². The van der Waals surface area contributed by atoms with Crippen LogP contribution in [0.4, 0.5) is 0 Å². The van der Waals surface area contributed by atoms with E-state index in [0.717, 1.165) is 32.3 Å². The molecule has 0 spiro atoms. The van der Waals surface area contributed by atoms with Gasteiger partial charge in [0, 0.05) is 10.4 Å². The van der Waals surface area contributed by atoms with Gasteiger partial charge in [0.15, 0.2) is 0 Å². The van der Waals surface area contributed by atoms with E-state index in [1.807, 2.05) is 24.3 Å². The summed E-state index contributed by atoms with van der Waals surface area (Å²) in [5.74, 6) is 1.89. The van der Waals surface area contributed by atoms with Crippen molar-refractivity contribution in [3.63, 3.8) is 0 Å². The van der Waals surface area contributed by atoms with Gasteiger partial charge in [-0.15, -0.1) is 0 Å². The van der Waals surface area contributed by atoms with E-state index in [1.54, 1.807) is 0 Å². The Morgan fingerprint density at radius 1 is 0.704 bits per heavy atom. The Labute approximate surface area is 156 Å². The fraction of sp³-hybridized carbons (Fsp3) is 0.304. The lowest BCUT2D eigenvalue weighted by Crippen LogP contribution is -2.42. The highest BCUT2D eigenvalue weighted by Crippen LogP contribution is 2.66. The molecule has 126 valence electrons. The predicted octanol–water partition coefficient (Wildman–Crippen LogP) is 2.85. The molecule has 0 radical (unpaired) electrons. The van der Waals surface area contributed by atoms with Crippen molar-refractivity contribution in [2.24, 2.45) is 11.8 Å². The molecule has 0 aromatic heterocycles. The Morgan fingerprint density at radius 3 is 1.48 bits per heavy atom. The molecule has 0 aliphatic heterocycles. The van der Waals surface area contributed by atoms with Crippen LogP contribution in [0.25, 0.3) is 21.9 Å². The van der Waals surface area contributed by atoms with Gasteiger partial charge in [0.2, 0.25) is 0 Å². The second-order valence-electron chi connectivity index (χ2n) is 7.70. The number of nitriles is 4. The van der Waals surface area contributed by atoms with Crippen LogP contribution in [0, 0.1) is 57.2 Å². The van der Waals surface area contributed by atoms with E-state index in [0.29, 0.717) is 23.7 Å². The number of hydrogen-bond donors (Lipinski definition) is 0. The molecule has 0 amide bonds. The molecule has 3 aliphatic carbocycles. The summed E-state index contributed by atoms with van der Waals surface area (Å²) in [6.07, 6.45) is 3.55. The van der Waals surface area contributed by atoms with Crippen LogP contribution in [0.15, 0.2) is 24.3 Å². The highest BCUT2D eigenvalue weighted by atomic mass is 14.6. The van der Waals surface area contributed by atoms with Crippen LogP contribution in [0.2, 0.25) is 0 Å². The Morgan fingerprint density at radius 2 is 1.11 bits per heavy atom. The highest BCUT2D eigenvalue weighted by Gasteiger charge is 2.56. The molecular weight excluding hydrogens is 332 g/mol. The predicted molar refractivity (Wildman–Crippen MR) is 98.8 cm³/mol. The molecule has 2 aromatic rings. The van der Waals surface area contributed by atoms with Crippen molar-refractivity contribution >= 4 is 21.9 Å². The lowest BCUT2D eigenvalue weighted by Gasteiger charge is -2.44. The van der Waals surface area contributed by atoms with Crippen LogP contribution in [0.1, 0.15) is 42.2 Å². The van der Waals surface area contributed by atoms with Crippen LogP contribution in [0.3, 0.4) is 0 Å². The van der Waals surface area contributed by atoms with E-state index < -0.39 is 0 Å². The Balaban J connectivity index is 2.10. The van der Waals surface area contributed by atoms with Gasteiger partial charge in [-0.1, -0.05) is 24.3 Å². The second kappa shape index (κ2) is 5.45. The van der Waals surface area contributed by atoms with Gasteiger partial charge in [0.25, 0.3) is 0 Å². The zero-order valence-corrected chi connectivity index (χ0v) is 14.5. The van der Waals surface area contributed by atoms with Crippen molar-refractivity contribution in [1.29, 1.82) is 21.0 Å². The molecule has 27 heavy (non-hydrogen) atoms. The summed E-state index contributed by atoms with van der Waals surface area (Å²) < 4.78 is 0. The van der Waals surface area contributed by atoms with E-state index in [4.69, 9.17) is 0 Å². The number of hydrogen-bond acceptors (Lipinski definition) is 4. The van der Waals surface area contributed by atoms with Crippen molar-refractivity contribution in [3.05, 3.63) is 45.8 Å². The SMILES string of the molecule is N#CC(C#N)=c1c2c(c(=C(C#N)C#N)c3ccccc13)[C@H]1[C@@H]3CC[C@@H](C3)[C@@H]21. The van der Waals surface area contributed by atoms with E-state index in [2.05, 4.69) is 24.3 Å². The summed E-state index contributed by atoms with van der Waals surface area (Å²) in [7, 11) is 0. The maximum absolute atomic E-state index is 9.60. The maximum Gasteiger partial charge on any atom is 0.137 e. The average Bonchev–Trinajstić information content (AvgIpc) is 3.26. The lowest BCUT2D eigenvalue weighted by molar-refractivity contribution is 0.320. The summed E-state index contributed by atoms with van der Waals surface area (Å²) >= 11 is 0. The Hall–Kier alpha value is -3.60. The second-order valence-corrected chi connectivity index (χ2v) is 7.70. The molecule has 0 heterocycles. The Kier molecular flexibility index (Phi) is 3.15. The summed E-state index contributed by atoms with van der Waals surface area (Å²) in [5.41, 5.74) is 2.38. The quantitative estimate of drug-likeness (QED) is 0.733. The van der Waals surface area contributed by atoms with Gasteiger partial charge in [-0.3, -0.25) is 0 Å². The van der Waals surface area contributed by atoms with E-state index in [-0.39, 0.29) is 11.1 Å². The summed E-state index contributed by atoms with van der Waals surface area (Å²) in [6.45, 7) is 0. The molecule has 4 atom stereocenters. The van der Waals surface area contributed by atoms with Crippen LogP contribution in [0.5, 0.6) is 0 Å². The first-order chi connectivity index (χ1) is 13.2. The number of fused-ring (bicyclic) bond motifs is 9. The largest absolute Gasteiger partial charge is 0.192 e. The fourth-order valence-corrected chi connectivity index (χ4v) is 6.01.